The van der Waals surface area contributed by atoms with Gasteiger partial charge in [-0.1, -0.05) is 20.8 Å². The molecule has 0 aromatic rings. The van der Waals surface area contributed by atoms with Gasteiger partial charge in [0.1, 0.15) is 0 Å². The summed E-state index contributed by atoms with van der Waals surface area (Å²) < 4.78 is 6.00. The van der Waals surface area contributed by atoms with Crippen LogP contribution < -0.4 is 0 Å². The van der Waals surface area contributed by atoms with Crippen LogP contribution in [0.3, 0.4) is 0 Å². The Morgan fingerprint density at radius 1 is 0.913 bits per heavy atom. The van der Waals surface area contributed by atoms with Gasteiger partial charge in [0.15, 0.2) is 0 Å². The Balaban J connectivity index is 0.000000652. The molecule has 5 aliphatic rings. The van der Waals surface area contributed by atoms with Gasteiger partial charge in [0.2, 0.25) is 0 Å². The van der Waals surface area contributed by atoms with Crippen molar-refractivity contribution >= 4 is 0 Å². The van der Waals surface area contributed by atoms with Gasteiger partial charge in [0.25, 0.3) is 0 Å². The van der Waals surface area contributed by atoms with Crippen molar-refractivity contribution < 1.29 is 9.84 Å². The third-order valence-corrected chi connectivity index (χ3v) is 8.65. The van der Waals surface area contributed by atoms with E-state index < -0.39 is 0 Å². The highest BCUT2D eigenvalue weighted by molar-refractivity contribution is 5.16. The second kappa shape index (κ2) is 5.73. The Hall–Kier alpha value is -0.0800. The fraction of sp³-hybridized carbons (Fsp3) is 1.00. The van der Waals surface area contributed by atoms with Crippen molar-refractivity contribution in [2.75, 3.05) is 6.61 Å². The molecule has 0 aromatic heterocycles. The molecule has 1 aliphatic heterocycles. The number of rotatable bonds is 0. The standard InChI is InChI=1S/C19H30O2.C2H6/c1-18-10-13-3-2-12-8-15(20)4-5-16(12)17(13)9-14(18)6-7-19(18)11-21-19;1-2/h12-17,20H,2-11H2,1H3;1-2H3/t12-,13+,14-,15-,16+,17+,18-,19+;/m0./s1. The summed E-state index contributed by atoms with van der Waals surface area (Å²) in [5, 5.41) is 10.00. The Bertz CT molecular complexity index is 443. The highest BCUT2D eigenvalue weighted by Gasteiger charge is 2.68. The van der Waals surface area contributed by atoms with Gasteiger partial charge in [-0.25, -0.2) is 0 Å². The number of ether oxygens (including phenoxy) is 1. The molecular formula is C21H36O2. The molecule has 5 fully saturated rings. The normalized spacial score (nSPS) is 56.9. The van der Waals surface area contributed by atoms with E-state index in [9.17, 15) is 5.11 Å². The van der Waals surface area contributed by atoms with Gasteiger partial charge in [-0.3, -0.25) is 0 Å². The molecule has 2 heteroatoms. The second-order valence-electron chi connectivity index (χ2n) is 9.27. The topological polar surface area (TPSA) is 32.8 Å². The molecule has 132 valence electrons. The van der Waals surface area contributed by atoms with E-state index in [-0.39, 0.29) is 6.10 Å². The van der Waals surface area contributed by atoms with Crippen molar-refractivity contribution in [3.8, 4) is 0 Å². The minimum atomic E-state index is 0.00581. The molecule has 1 spiro atoms. The summed E-state index contributed by atoms with van der Waals surface area (Å²) in [4.78, 5) is 0. The van der Waals surface area contributed by atoms with Crippen LogP contribution in [0.1, 0.15) is 78.6 Å². The van der Waals surface area contributed by atoms with E-state index in [2.05, 4.69) is 6.92 Å². The average Bonchev–Trinajstić information content (AvgIpc) is 3.30. The van der Waals surface area contributed by atoms with Crippen molar-refractivity contribution in [1.29, 1.82) is 0 Å². The Morgan fingerprint density at radius 2 is 1.65 bits per heavy atom. The molecule has 4 saturated carbocycles. The highest BCUT2D eigenvalue weighted by Crippen LogP contribution is 2.68. The maximum Gasteiger partial charge on any atom is 0.0972 e. The maximum absolute atomic E-state index is 10.00. The second-order valence-corrected chi connectivity index (χ2v) is 9.27. The summed E-state index contributed by atoms with van der Waals surface area (Å²) in [6.45, 7) is 7.61. The van der Waals surface area contributed by atoms with Crippen molar-refractivity contribution in [3.05, 3.63) is 0 Å². The minimum Gasteiger partial charge on any atom is -0.393 e. The highest BCUT2D eigenvalue weighted by atomic mass is 16.6. The third kappa shape index (κ3) is 2.34. The summed E-state index contributed by atoms with van der Waals surface area (Å²) in [5.74, 6) is 4.64. The monoisotopic (exact) mass is 320 g/mol. The quantitative estimate of drug-likeness (QED) is 0.651. The van der Waals surface area contributed by atoms with E-state index in [0.717, 1.165) is 49.0 Å². The fourth-order valence-corrected chi connectivity index (χ4v) is 7.32. The van der Waals surface area contributed by atoms with E-state index in [1.165, 1.54) is 44.9 Å². The minimum absolute atomic E-state index is 0.00581. The summed E-state index contributed by atoms with van der Waals surface area (Å²) in [6.07, 6.45) is 12.0. The first kappa shape index (κ1) is 16.4. The summed E-state index contributed by atoms with van der Waals surface area (Å²) in [7, 11) is 0. The van der Waals surface area contributed by atoms with Gasteiger partial charge >= 0.3 is 0 Å². The zero-order valence-corrected chi connectivity index (χ0v) is 15.4. The van der Waals surface area contributed by atoms with Crippen molar-refractivity contribution in [1.82, 2.24) is 0 Å². The molecule has 0 unspecified atom stereocenters. The van der Waals surface area contributed by atoms with Crippen molar-refractivity contribution in [2.45, 2.75) is 90.3 Å². The number of aliphatic hydroxyl groups is 1. The van der Waals surface area contributed by atoms with Crippen LogP contribution >= 0.6 is 0 Å². The lowest BCUT2D eigenvalue weighted by Gasteiger charge is -2.55. The lowest BCUT2D eigenvalue weighted by atomic mass is 9.50. The first-order chi connectivity index (χ1) is 11.1. The van der Waals surface area contributed by atoms with E-state index in [0.29, 0.717) is 11.0 Å². The molecule has 4 aliphatic carbocycles. The number of hydrogen-bond donors (Lipinski definition) is 1. The molecule has 0 bridgehead atoms. The number of aliphatic hydroxyl groups excluding tert-OH is 1. The van der Waals surface area contributed by atoms with Crippen LogP contribution in [0.2, 0.25) is 0 Å². The van der Waals surface area contributed by atoms with Crippen LogP contribution in [0.25, 0.3) is 0 Å². The Labute approximate surface area is 142 Å². The van der Waals surface area contributed by atoms with Crippen LogP contribution in [0.4, 0.5) is 0 Å². The predicted octanol–water partition coefficient (Wildman–Crippen LogP) is 4.80. The first-order valence-electron chi connectivity index (χ1n) is 10.4. The van der Waals surface area contributed by atoms with E-state index in [1.807, 2.05) is 13.8 Å². The van der Waals surface area contributed by atoms with Gasteiger partial charge in [-0.2, -0.15) is 0 Å². The Morgan fingerprint density at radius 3 is 2.39 bits per heavy atom. The fourth-order valence-electron chi connectivity index (χ4n) is 7.32. The Kier molecular flexibility index (Phi) is 4.08. The molecule has 0 radical (unpaired) electrons. The molecule has 2 nitrogen and oxygen atoms in total. The summed E-state index contributed by atoms with van der Waals surface area (Å²) in [6, 6.07) is 0. The van der Waals surface area contributed by atoms with Gasteiger partial charge < -0.3 is 9.84 Å². The zero-order chi connectivity index (χ0) is 16.2. The number of fused-ring (bicyclic) bond motifs is 5. The van der Waals surface area contributed by atoms with Crippen LogP contribution in [-0.2, 0) is 4.74 Å². The van der Waals surface area contributed by atoms with E-state index in [1.54, 1.807) is 0 Å². The van der Waals surface area contributed by atoms with Crippen LogP contribution in [-0.4, -0.2) is 23.4 Å². The molecule has 8 atom stereocenters. The summed E-state index contributed by atoms with van der Waals surface area (Å²) >= 11 is 0. The molecule has 1 heterocycles. The van der Waals surface area contributed by atoms with Gasteiger partial charge in [0, 0.05) is 5.41 Å². The molecule has 5 rings (SSSR count). The maximum atomic E-state index is 10.00. The molecule has 1 saturated heterocycles. The number of hydrogen-bond acceptors (Lipinski definition) is 2. The largest absolute Gasteiger partial charge is 0.393 e. The number of epoxide rings is 1. The smallest absolute Gasteiger partial charge is 0.0972 e. The molecule has 0 amide bonds. The zero-order valence-electron chi connectivity index (χ0n) is 15.4. The molecule has 23 heavy (non-hydrogen) atoms. The van der Waals surface area contributed by atoms with E-state index >= 15 is 0 Å². The molecular weight excluding hydrogens is 284 g/mol. The van der Waals surface area contributed by atoms with Gasteiger partial charge in [-0.15, -0.1) is 0 Å². The lowest BCUT2D eigenvalue weighted by molar-refractivity contribution is -0.0719. The average molecular weight is 321 g/mol. The molecule has 1 N–H and O–H groups in total. The predicted molar refractivity (Wildman–Crippen MR) is 93.1 cm³/mol. The van der Waals surface area contributed by atoms with Crippen LogP contribution in [0.5, 0.6) is 0 Å². The third-order valence-electron chi connectivity index (χ3n) is 8.65. The van der Waals surface area contributed by atoms with Gasteiger partial charge in [-0.05, 0) is 87.4 Å². The summed E-state index contributed by atoms with van der Waals surface area (Å²) in [5.41, 5.74) is 0.803. The van der Waals surface area contributed by atoms with Crippen LogP contribution in [0, 0.1) is 35.0 Å². The SMILES string of the molecule is CC.C[C@]12C[C@H]3CC[C@H]4C[C@@H](O)CC[C@H]4[C@@H]3C[C@@H]1CC[C@@]21CO1. The van der Waals surface area contributed by atoms with Crippen molar-refractivity contribution in [2.24, 2.45) is 35.0 Å². The first-order valence-corrected chi connectivity index (χ1v) is 10.4. The van der Waals surface area contributed by atoms with Crippen LogP contribution in [0.15, 0.2) is 0 Å². The lowest BCUT2D eigenvalue weighted by Crippen LogP contribution is -2.49. The molecule has 0 aromatic carbocycles. The van der Waals surface area contributed by atoms with Gasteiger partial charge in [0.05, 0.1) is 18.3 Å². The van der Waals surface area contributed by atoms with E-state index in [4.69, 9.17) is 4.74 Å². The van der Waals surface area contributed by atoms with Crippen molar-refractivity contribution in [3.63, 3.8) is 0 Å².